The lowest BCUT2D eigenvalue weighted by Crippen LogP contribution is -2.14. The number of rotatable bonds is 5. The van der Waals surface area contributed by atoms with Gasteiger partial charge in [0.25, 0.3) is 10.0 Å². The van der Waals surface area contributed by atoms with E-state index in [1.807, 2.05) is 31.2 Å². The molecule has 0 saturated heterocycles. The van der Waals surface area contributed by atoms with E-state index in [-0.39, 0.29) is 5.03 Å². The van der Waals surface area contributed by atoms with Crippen molar-refractivity contribution in [1.82, 2.24) is 9.55 Å². The van der Waals surface area contributed by atoms with Crippen LogP contribution >= 0.6 is 0 Å². The average Bonchev–Trinajstić information content (AvgIpc) is 2.99. The van der Waals surface area contributed by atoms with Crippen LogP contribution in [-0.2, 0) is 17.1 Å². The van der Waals surface area contributed by atoms with Crippen LogP contribution in [0.5, 0.6) is 11.5 Å². The number of nitrogens with one attached hydrogen (secondary N) is 1. The molecule has 124 valence electrons. The molecule has 1 N–H and O–H groups in total. The molecule has 0 aliphatic carbocycles. The molecule has 0 spiro atoms. The first-order chi connectivity index (χ1) is 11.4. The van der Waals surface area contributed by atoms with Crippen molar-refractivity contribution in [1.29, 1.82) is 0 Å². The Bertz CT molecular complexity index is 947. The van der Waals surface area contributed by atoms with Gasteiger partial charge in [0.15, 0.2) is 10.8 Å². The Kier molecular flexibility index (Phi) is 4.26. The van der Waals surface area contributed by atoms with Crippen LogP contribution in [0, 0.1) is 6.92 Å². The van der Waals surface area contributed by atoms with Gasteiger partial charge in [0.05, 0.1) is 12.0 Å². The molecule has 2 aromatic carbocycles. The Hall–Kier alpha value is -2.80. The number of hydrogen-bond donors (Lipinski definition) is 1. The Morgan fingerprint density at radius 3 is 2.46 bits per heavy atom. The van der Waals surface area contributed by atoms with Gasteiger partial charge in [-0.25, -0.2) is 4.98 Å². The maximum atomic E-state index is 12.4. The van der Waals surface area contributed by atoms with Crippen LogP contribution < -0.4 is 9.46 Å². The molecule has 0 bridgehead atoms. The third-order valence-electron chi connectivity index (χ3n) is 3.34. The van der Waals surface area contributed by atoms with Crippen molar-refractivity contribution >= 4 is 15.7 Å². The molecule has 0 fully saturated rings. The first-order valence-electron chi connectivity index (χ1n) is 7.28. The van der Waals surface area contributed by atoms with Gasteiger partial charge in [-0.15, -0.1) is 0 Å². The van der Waals surface area contributed by atoms with Gasteiger partial charge in [-0.2, -0.15) is 8.42 Å². The predicted molar refractivity (Wildman–Crippen MR) is 91.7 cm³/mol. The summed E-state index contributed by atoms with van der Waals surface area (Å²) in [6.45, 7) is 1.98. The van der Waals surface area contributed by atoms with Gasteiger partial charge in [0.2, 0.25) is 0 Å². The number of anilines is 1. The number of benzene rings is 2. The van der Waals surface area contributed by atoms with E-state index in [9.17, 15) is 8.42 Å². The van der Waals surface area contributed by atoms with Crippen molar-refractivity contribution in [3.05, 3.63) is 66.6 Å². The molecular formula is C17H17N3O3S. The first kappa shape index (κ1) is 16.1. The SMILES string of the molecule is Cc1ccc(Oc2ccccc2NS(=O)(=O)c2cn(C)cn2)cc1. The molecule has 0 atom stereocenters. The zero-order valence-electron chi connectivity index (χ0n) is 13.3. The van der Waals surface area contributed by atoms with Crippen LogP contribution in [-0.4, -0.2) is 18.0 Å². The second kappa shape index (κ2) is 6.37. The summed E-state index contributed by atoms with van der Waals surface area (Å²) in [6.07, 6.45) is 2.87. The maximum absolute atomic E-state index is 12.4. The summed E-state index contributed by atoms with van der Waals surface area (Å²) in [5.41, 5.74) is 1.47. The minimum Gasteiger partial charge on any atom is -0.455 e. The zero-order valence-corrected chi connectivity index (χ0v) is 14.1. The highest BCUT2D eigenvalue weighted by molar-refractivity contribution is 7.92. The van der Waals surface area contributed by atoms with E-state index in [2.05, 4.69) is 9.71 Å². The summed E-state index contributed by atoms with van der Waals surface area (Å²) < 4.78 is 34.7. The topological polar surface area (TPSA) is 73.2 Å². The van der Waals surface area contributed by atoms with E-state index in [4.69, 9.17) is 4.74 Å². The van der Waals surface area contributed by atoms with Crippen molar-refractivity contribution < 1.29 is 13.2 Å². The zero-order chi connectivity index (χ0) is 17.2. The predicted octanol–water partition coefficient (Wildman–Crippen LogP) is 3.32. The normalized spacial score (nSPS) is 11.2. The van der Waals surface area contributed by atoms with Crippen LogP contribution in [0.1, 0.15) is 5.56 Å². The molecule has 0 saturated carbocycles. The summed E-state index contributed by atoms with van der Waals surface area (Å²) in [4.78, 5) is 3.88. The fourth-order valence-corrected chi connectivity index (χ4v) is 3.15. The summed E-state index contributed by atoms with van der Waals surface area (Å²) in [6, 6.07) is 14.4. The summed E-state index contributed by atoms with van der Waals surface area (Å²) in [5.74, 6) is 1.05. The monoisotopic (exact) mass is 343 g/mol. The minimum atomic E-state index is -3.78. The van der Waals surface area contributed by atoms with Gasteiger partial charge in [-0.1, -0.05) is 29.8 Å². The maximum Gasteiger partial charge on any atom is 0.281 e. The standard InChI is InChI=1S/C17H17N3O3S/c1-13-7-9-14(10-8-13)23-16-6-4-3-5-15(16)19-24(21,22)17-11-20(2)12-18-17/h3-12,19H,1-2H3. The number of nitrogens with zero attached hydrogens (tertiary/aromatic N) is 2. The van der Waals surface area contributed by atoms with Crippen molar-refractivity contribution in [3.8, 4) is 11.5 Å². The highest BCUT2D eigenvalue weighted by Gasteiger charge is 2.19. The lowest BCUT2D eigenvalue weighted by molar-refractivity contribution is 0.484. The number of ether oxygens (including phenoxy) is 1. The summed E-state index contributed by atoms with van der Waals surface area (Å²) in [5, 5.41) is -0.0462. The van der Waals surface area contributed by atoms with Gasteiger partial charge in [-0.3, -0.25) is 4.72 Å². The Morgan fingerprint density at radius 1 is 1.08 bits per heavy atom. The van der Waals surface area contributed by atoms with Gasteiger partial charge in [0.1, 0.15) is 5.75 Å². The van der Waals surface area contributed by atoms with Gasteiger partial charge >= 0.3 is 0 Å². The highest BCUT2D eigenvalue weighted by atomic mass is 32.2. The second-order valence-corrected chi connectivity index (χ2v) is 7.02. The number of aromatic nitrogens is 2. The van der Waals surface area contributed by atoms with Crippen LogP contribution in [0.2, 0.25) is 0 Å². The van der Waals surface area contributed by atoms with Crippen LogP contribution in [0.4, 0.5) is 5.69 Å². The number of sulfonamides is 1. The number of imidazole rings is 1. The molecule has 0 amide bonds. The van der Waals surface area contributed by atoms with Crippen molar-refractivity contribution in [2.24, 2.45) is 7.05 Å². The summed E-state index contributed by atoms with van der Waals surface area (Å²) >= 11 is 0. The average molecular weight is 343 g/mol. The van der Waals surface area contributed by atoms with Crippen molar-refractivity contribution in [2.45, 2.75) is 11.9 Å². The van der Waals surface area contributed by atoms with Crippen molar-refractivity contribution in [3.63, 3.8) is 0 Å². The van der Waals surface area contributed by atoms with Gasteiger partial charge in [-0.05, 0) is 31.2 Å². The first-order valence-corrected chi connectivity index (χ1v) is 8.77. The number of aryl methyl sites for hydroxylation is 2. The molecule has 3 rings (SSSR count). The van der Waals surface area contributed by atoms with E-state index in [1.165, 1.54) is 12.5 Å². The molecule has 1 aromatic heterocycles. The van der Waals surface area contributed by atoms with Crippen molar-refractivity contribution in [2.75, 3.05) is 4.72 Å². The van der Waals surface area contributed by atoms with E-state index in [0.717, 1.165) is 5.56 Å². The smallest absolute Gasteiger partial charge is 0.281 e. The van der Waals surface area contributed by atoms with E-state index in [1.54, 1.807) is 35.9 Å². The lowest BCUT2D eigenvalue weighted by Gasteiger charge is -2.12. The molecular weight excluding hydrogens is 326 g/mol. The van der Waals surface area contributed by atoms with Crippen LogP contribution in [0.3, 0.4) is 0 Å². The van der Waals surface area contributed by atoms with E-state index in [0.29, 0.717) is 17.2 Å². The van der Waals surface area contributed by atoms with Crippen LogP contribution in [0.25, 0.3) is 0 Å². The molecule has 24 heavy (non-hydrogen) atoms. The Morgan fingerprint density at radius 2 is 1.79 bits per heavy atom. The lowest BCUT2D eigenvalue weighted by atomic mass is 10.2. The highest BCUT2D eigenvalue weighted by Crippen LogP contribution is 2.30. The van der Waals surface area contributed by atoms with Crippen LogP contribution in [0.15, 0.2) is 66.1 Å². The van der Waals surface area contributed by atoms with E-state index >= 15 is 0 Å². The minimum absolute atomic E-state index is 0.0462. The molecule has 0 aliphatic heterocycles. The molecule has 0 radical (unpaired) electrons. The largest absolute Gasteiger partial charge is 0.455 e. The number of hydrogen-bond acceptors (Lipinski definition) is 4. The second-order valence-electron chi connectivity index (χ2n) is 5.39. The fraction of sp³-hybridized carbons (Fsp3) is 0.118. The molecule has 1 heterocycles. The Labute approximate surface area is 140 Å². The molecule has 7 heteroatoms. The number of para-hydroxylation sites is 2. The molecule has 0 aliphatic rings. The summed E-state index contributed by atoms with van der Waals surface area (Å²) in [7, 11) is -2.07. The van der Waals surface area contributed by atoms with Gasteiger partial charge < -0.3 is 9.30 Å². The third-order valence-corrected chi connectivity index (χ3v) is 4.59. The Balaban J connectivity index is 1.88. The third kappa shape index (κ3) is 3.57. The fourth-order valence-electron chi connectivity index (χ4n) is 2.10. The van der Waals surface area contributed by atoms with Gasteiger partial charge in [0, 0.05) is 13.2 Å². The quantitative estimate of drug-likeness (QED) is 0.771. The molecule has 0 unspecified atom stereocenters. The van der Waals surface area contributed by atoms with E-state index < -0.39 is 10.0 Å². The molecule has 6 nitrogen and oxygen atoms in total. The molecule has 3 aromatic rings.